The SMILES string of the molecule is C1=NN=CC1.CC.CC#CCCC.[W]. The van der Waals surface area contributed by atoms with Crippen LogP contribution in [0.5, 0.6) is 0 Å². The normalized spacial score (nSPS) is 9.43. The molecule has 2 nitrogen and oxygen atoms in total. The van der Waals surface area contributed by atoms with Crippen molar-refractivity contribution in [2.45, 2.75) is 47.0 Å². The molecule has 0 N–H and O–H groups in total. The molecule has 14 heavy (non-hydrogen) atoms. The van der Waals surface area contributed by atoms with Crippen LogP contribution in [0.4, 0.5) is 0 Å². The maximum Gasteiger partial charge on any atom is 0.0324 e. The molecule has 1 heterocycles. The van der Waals surface area contributed by atoms with E-state index in [-0.39, 0.29) is 21.1 Å². The summed E-state index contributed by atoms with van der Waals surface area (Å²) in [6.45, 7) is 8.00. The van der Waals surface area contributed by atoms with Crippen LogP contribution in [0.2, 0.25) is 0 Å². The molecule has 0 bridgehead atoms. The molecule has 0 amide bonds. The zero-order chi connectivity index (χ0) is 10.4. The van der Waals surface area contributed by atoms with Crippen molar-refractivity contribution in [3.05, 3.63) is 0 Å². The minimum Gasteiger partial charge on any atom is -0.164 e. The summed E-state index contributed by atoms with van der Waals surface area (Å²) in [5.74, 6) is 5.77. The van der Waals surface area contributed by atoms with Crippen LogP contribution >= 0.6 is 0 Å². The van der Waals surface area contributed by atoms with Crippen LogP contribution in [0, 0.1) is 11.8 Å². The summed E-state index contributed by atoms with van der Waals surface area (Å²) in [7, 11) is 0. The zero-order valence-corrected chi connectivity index (χ0v) is 12.5. The summed E-state index contributed by atoms with van der Waals surface area (Å²) >= 11 is 0. The fraction of sp³-hybridized carbons (Fsp3) is 0.636. The third kappa shape index (κ3) is 22.6. The van der Waals surface area contributed by atoms with E-state index in [9.17, 15) is 0 Å². The maximum atomic E-state index is 3.53. The Balaban J connectivity index is -0.000000139. The van der Waals surface area contributed by atoms with Gasteiger partial charge in [0.2, 0.25) is 0 Å². The molecule has 0 aromatic carbocycles. The van der Waals surface area contributed by atoms with Crippen LogP contribution in [-0.2, 0) is 21.1 Å². The smallest absolute Gasteiger partial charge is 0.0324 e. The van der Waals surface area contributed by atoms with Gasteiger partial charge in [-0.2, -0.15) is 10.2 Å². The summed E-state index contributed by atoms with van der Waals surface area (Å²) in [6.07, 6.45) is 6.68. The standard InChI is InChI=1S/C6H10.C3H4N2.C2H6.W/c1-3-5-6-4-2;1-2-4-5-3-1;1-2;/h3,5H2,1-2H3;2-3H,1H2;1-2H3;. The van der Waals surface area contributed by atoms with E-state index in [0.29, 0.717) is 0 Å². The van der Waals surface area contributed by atoms with E-state index in [1.54, 1.807) is 12.4 Å². The van der Waals surface area contributed by atoms with Crippen molar-refractivity contribution < 1.29 is 21.1 Å². The van der Waals surface area contributed by atoms with Gasteiger partial charge in [0.25, 0.3) is 0 Å². The van der Waals surface area contributed by atoms with Crippen molar-refractivity contribution in [3.8, 4) is 11.8 Å². The van der Waals surface area contributed by atoms with Crippen LogP contribution in [0.1, 0.15) is 47.0 Å². The Morgan fingerprint density at radius 1 is 1.21 bits per heavy atom. The third-order valence-electron chi connectivity index (χ3n) is 0.993. The molecule has 0 radical (unpaired) electrons. The Kier molecular flexibility index (Phi) is 31.4. The third-order valence-corrected chi connectivity index (χ3v) is 0.993. The molecule has 0 aromatic rings. The number of hydrogen-bond acceptors (Lipinski definition) is 2. The second kappa shape index (κ2) is 22.9. The molecule has 1 rings (SSSR count). The Hall–Kier alpha value is -0.412. The van der Waals surface area contributed by atoms with Gasteiger partial charge in [-0.1, -0.05) is 20.8 Å². The van der Waals surface area contributed by atoms with Crippen molar-refractivity contribution in [3.63, 3.8) is 0 Å². The van der Waals surface area contributed by atoms with Crippen LogP contribution in [-0.4, -0.2) is 12.4 Å². The molecule has 1 aliphatic heterocycles. The first-order valence-corrected chi connectivity index (χ1v) is 4.84. The Bertz CT molecular complexity index is 177. The molecule has 80 valence electrons. The summed E-state index contributed by atoms with van der Waals surface area (Å²) in [6, 6.07) is 0. The maximum absolute atomic E-state index is 3.53. The fourth-order valence-corrected chi connectivity index (χ4v) is 0.486. The van der Waals surface area contributed by atoms with Gasteiger partial charge in [0, 0.05) is 46.3 Å². The number of rotatable bonds is 1. The van der Waals surface area contributed by atoms with E-state index >= 15 is 0 Å². The molecule has 0 fully saturated rings. The summed E-state index contributed by atoms with van der Waals surface area (Å²) in [4.78, 5) is 0. The quantitative estimate of drug-likeness (QED) is 0.638. The largest absolute Gasteiger partial charge is 0.164 e. The minimum atomic E-state index is 0. The van der Waals surface area contributed by atoms with Crippen LogP contribution < -0.4 is 0 Å². The molecule has 0 aliphatic carbocycles. The molecule has 0 saturated carbocycles. The van der Waals surface area contributed by atoms with E-state index in [0.717, 1.165) is 12.8 Å². The minimum absolute atomic E-state index is 0. The van der Waals surface area contributed by atoms with Crippen molar-refractivity contribution in [1.29, 1.82) is 0 Å². The van der Waals surface area contributed by atoms with Gasteiger partial charge in [0.05, 0.1) is 0 Å². The van der Waals surface area contributed by atoms with Crippen LogP contribution in [0.25, 0.3) is 0 Å². The van der Waals surface area contributed by atoms with Gasteiger partial charge >= 0.3 is 0 Å². The van der Waals surface area contributed by atoms with Crippen molar-refractivity contribution >= 4 is 12.4 Å². The van der Waals surface area contributed by atoms with Crippen molar-refractivity contribution in [2.24, 2.45) is 10.2 Å². The van der Waals surface area contributed by atoms with Gasteiger partial charge in [-0.15, -0.1) is 11.8 Å². The predicted octanol–water partition coefficient (Wildman–Crippen LogP) is 3.28. The summed E-state index contributed by atoms with van der Waals surface area (Å²) in [5, 5.41) is 7.06. The van der Waals surface area contributed by atoms with E-state index in [2.05, 4.69) is 29.0 Å². The molecule has 0 saturated heterocycles. The molecule has 0 unspecified atom stereocenters. The van der Waals surface area contributed by atoms with Crippen LogP contribution in [0.3, 0.4) is 0 Å². The first kappa shape index (κ1) is 19.2. The Morgan fingerprint density at radius 2 is 1.71 bits per heavy atom. The van der Waals surface area contributed by atoms with Crippen LogP contribution in [0.15, 0.2) is 10.2 Å². The number of nitrogens with zero attached hydrogens (tertiary/aromatic N) is 2. The zero-order valence-electron chi connectivity index (χ0n) is 9.58. The van der Waals surface area contributed by atoms with Gasteiger partial charge in [0.1, 0.15) is 0 Å². The summed E-state index contributed by atoms with van der Waals surface area (Å²) < 4.78 is 0. The van der Waals surface area contributed by atoms with Gasteiger partial charge in [-0.05, 0) is 13.3 Å². The van der Waals surface area contributed by atoms with E-state index in [1.807, 2.05) is 20.8 Å². The predicted molar refractivity (Wildman–Crippen MR) is 61.3 cm³/mol. The number of unbranched alkanes of at least 4 members (excludes halogenated alkanes) is 1. The number of hydrogen-bond donors (Lipinski definition) is 0. The topological polar surface area (TPSA) is 24.7 Å². The van der Waals surface area contributed by atoms with Gasteiger partial charge in [0.15, 0.2) is 0 Å². The fourth-order valence-electron chi connectivity index (χ4n) is 0.486. The molecule has 0 atom stereocenters. The Labute approximate surface area is 103 Å². The van der Waals surface area contributed by atoms with Gasteiger partial charge < -0.3 is 0 Å². The first-order valence-electron chi connectivity index (χ1n) is 4.84. The molecule has 3 heteroatoms. The van der Waals surface area contributed by atoms with E-state index in [4.69, 9.17) is 0 Å². The molecule has 0 aromatic heterocycles. The Morgan fingerprint density at radius 3 is 1.86 bits per heavy atom. The first-order chi connectivity index (χ1) is 6.41. The average Bonchev–Trinajstić information content (AvgIpc) is 2.76. The average molecular weight is 364 g/mol. The monoisotopic (exact) mass is 364 g/mol. The van der Waals surface area contributed by atoms with Gasteiger partial charge in [-0.3, -0.25) is 0 Å². The summed E-state index contributed by atoms with van der Waals surface area (Å²) in [5.41, 5.74) is 0. The molecular weight excluding hydrogens is 344 g/mol. The second-order valence-electron chi connectivity index (χ2n) is 2.01. The van der Waals surface area contributed by atoms with Crippen molar-refractivity contribution in [2.75, 3.05) is 0 Å². The molecule has 1 aliphatic rings. The second-order valence-corrected chi connectivity index (χ2v) is 2.01. The van der Waals surface area contributed by atoms with E-state index < -0.39 is 0 Å². The molecular formula is C11H20N2W. The van der Waals surface area contributed by atoms with Crippen molar-refractivity contribution in [1.82, 2.24) is 0 Å². The van der Waals surface area contributed by atoms with Gasteiger partial charge in [-0.25, -0.2) is 0 Å². The molecule has 0 spiro atoms. The van der Waals surface area contributed by atoms with E-state index in [1.165, 1.54) is 6.42 Å².